The molecule has 1 aromatic heterocycles. The summed E-state index contributed by atoms with van der Waals surface area (Å²) < 4.78 is 10.9. The van der Waals surface area contributed by atoms with Crippen LogP contribution in [0.3, 0.4) is 0 Å². The molecule has 1 aliphatic heterocycles. The van der Waals surface area contributed by atoms with E-state index in [9.17, 15) is 14.7 Å². The van der Waals surface area contributed by atoms with Crippen LogP contribution in [0.5, 0.6) is 5.75 Å². The van der Waals surface area contributed by atoms with Crippen LogP contribution in [0.1, 0.15) is 35.1 Å². The summed E-state index contributed by atoms with van der Waals surface area (Å²) in [6, 6.07) is 10.1. The molecule has 1 atom stereocenters. The lowest BCUT2D eigenvalue weighted by Crippen LogP contribution is -2.34. The van der Waals surface area contributed by atoms with Crippen molar-refractivity contribution in [3.8, 4) is 5.75 Å². The summed E-state index contributed by atoms with van der Waals surface area (Å²) >= 11 is 1.28. The number of carbonyl (C=O) groups is 2. The molecule has 1 N–H and O–H groups in total. The molecule has 0 aliphatic carbocycles. The van der Waals surface area contributed by atoms with Gasteiger partial charge in [0, 0.05) is 13.7 Å². The Balaban J connectivity index is 2.01. The van der Waals surface area contributed by atoms with Crippen molar-refractivity contribution in [3.63, 3.8) is 0 Å². The van der Waals surface area contributed by atoms with Crippen molar-refractivity contribution in [3.05, 3.63) is 63.6 Å². The number of Topliss-reactive ketones (excluding diaryl/α,β-unsaturated/α-hetero) is 1. The molecule has 7 heteroatoms. The maximum atomic E-state index is 13.1. The molecule has 154 valence electrons. The summed E-state index contributed by atoms with van der Waals surface area (Å²) in [4.78, 5) is 27.8. The van der Waals surface area contributed by atoms with Crippen molar-refractivity contribution in [2.24, 2.45) is 5.92 Å². The average Bonchev–Trinajstić information content (AvgIpc) is 3.33. The van der Waals surface area contributed by atoms with Gasteiger partial charge in [-0.15, -0.1) is 11.3 Å². The summed E-state index contributed by atoms with van der Waals surface area (Å²) in [5.74, 6) is -0.391. The highest BCUT2D eigenvalue weighted by Crippen LogP contribution is 2.40. The van der Waals surface area contributed by atoms with Gasteiger partial charge < -0.3 is 19.5 Å². The Morgan fingerprint density at radius 3 is 2.72 bits per heavy atom. The molecule has 1 amide bonds. The Kier molecular flexibility index (Phi) is 6.71. The Morgan fingerprint density at radius 2 is 2.07 bits per heavy atom. The highest BCUT2D eigenvalue weighted by Gasteiger charge is 2.43. The van der Waals surface area contributed by atoms with E-state index in [-0.39, 0.29) is 17.9 Å². The summed E-state index contributed by atoms with van der Waals surface area (Å²) in [7, 11) is 1.54. The van der Waals surface area contributed by atoms with Crippen LogP contribution in [-0.4, -0.2) is 48.6 Å². The predicted molar refractivity (Wildman–Crippen MR) is 111 cm³/mol. The van der Waals surface area contributed by atoms with Crippen molar-refractivity contribution < 1.29 is 24.2 Å². The van der Waals surface area contributed by atoms with Gasteiger partial charge in [-0.3, -0.25) is 9.59 Å². The number of nitrogens with zero attached hydrogens (tertiary/aromatic N) is 1. The maximum absolute atomic E-state index is 13.1. The van der Waals surface area contributed by atoms with E-state index in [1.54, 1.807) is 24.6 Å². The third kappa shape index (κ3) is 4.52. The zero-order valence-corrected chi connectivity index (χ0v) is 17.6. The van der Waals surface area contributed by atoms with E-state index in [4.69, 9.17) is 9.47 Å². The first-order valence-corrected chi connectivity index (χ1v) is 10.4. The van der Waals surface area contributed by atoms with Gasteiger partial charge in [-0.2, -0.15) is 0 Å². The van der Waals surface area contributed by atoms with Crippen LogP contribution in [0.25, 0.3) is 0 Å². The SMILES string of the molecule is COCCN1C(=O)C(O)=C(C(=O)c2cccs2)C1c1cccc(OCC(C)C)c1. The van der Waals surface area contributed by atoms with Gasteiger partial charge in [-0.25, -0.2) is 0 Å². The lowest BCUT2D eigenvalue weighted by molar-refractivity contribution is -0.130. The molecular weight excluding hydrogens is 390 g/mol. The quantitative estimate of drug-likeness (QED) is 0.627. The zero-order chi connectivity index (χ0) is 21.0. The van der Waals surface area contributed by atoms with Crippen LogP contribution in [-0.2, 0) is 9.53 Å². The second-order valence-corrected chi connectivity index (χ2v) is 8.19. The van der Waals surface area contributed by atoms with Gasteiger partial charge in [-0.1, -0.05) is 32.0 Å². The minimum absolute atomic E-state index is 0.0922. The van der Waals surface area contributed by atoms with Crippen LogP contribution in [0.2, 0.25) is 0 Å². The molecule has 6 nitrogen and oxygen atoms in total. The van der Waals surface area contributed by atoms with E-state index in [1.807, 2.05) is 24.3 Å². The van der Waals surface area contributed by atoms with E-state index < -0.39 is 17.7 Å². The monoisotopic (exact) mass is 415 g/mol. The van der Waals surface area contributed by atoms with Crippen LogP contribution in [0.15, 0.2) is 53.1 Å². The van der Waals surface area contributed by atoms with Gasteiger partial charge in [-0.05, 0) is 35.1 Å². The number of ether oxygens (including phenoxy) is 2. The summed E-state index contributed by atoms with van der Waals surface area (Å²) in [5.41, 5.74) is 0.800. The average molecular weight is 416 g/mol. The van der Waals surface area contributed by atoms with Crippen LogP contribution >= 0.6 is 11.3 Å². The van der Waals surface area contributed by atoms with Crippen molar-refractivity contribution in [2.45, 2.75) is 19.9 Å². The highest BCUT2D eigenvalue weighted by molar-refractivity contribution is 7.12. The summed E-state index contributed by atoms with van der Waals surface area (Å²) in [5, 5.41) is 12.4. The maximum Gasteiger partial charge on any atom is 0.290 e. The number of aliphatic hydroxyl groups excluding tert-OH is 1. The van der Waals surface area contributed by atoms with Gasteiger partial charge in [0.15, 0.2) is 5.76 Å². The first-order valence-electron chi connectivity index (χ1n) is 9.48. The van der Waals surface area contributed by atoms with E-state index in [0.29, 0.717) is 35.3 Å². The molecule has 29 heavy (non-hydrogen) atoms. The number of rotatable bonds is 9. The summed E-state index contributed by atoms with van der Waals surface area (Å²) in [6.07, 6.45) is 0. The molecule has 2 aromatic rings. The second kappa shape index (κ2) is 9.24. The fraction of sp³-hybridized carbons (Fsp3) is 0.364. The van der Waals surface area contributed by atoms with Crippen LogP contribution in [0.4, 0.5) is 0 Å². The molecule has 0 bridgehead atoms. The lowest BCUT2D eigenvalue weighted by Gasteiger charge is -2.26. The molecule has 1 aliphatic rings. The number of methoxy groups -OCH3 is 1. The minimum Gasteiger partial charge on any atom is -0.503 e. The third-order valence-electron chi connectivity index (χ3n) is 4.59. The topological polar surface area (TPSA) is 76.1 Å². The zero-order valence-electron chi connectivity index (χ0n) is 16.8. The molecule has 2 heterocycles. The third-order valence-corrected chi connectivity index (χ3v) is 5.46. The number of carbonyl (C=O) groups excluding carboxylic acids is 2. The van der Waals surface area contributed by atoms with E-state index in [2.05, 4.69) is 13.8 Å². The smallest absolute Gasteiger partial charge is 0.290 e. The van der Waals surface area contributed by atoms with Gasteiger partial charge in [0.25, 0.3) is 5.91 Å². The molecular formula is C22H25NO5S. The number of benzene rings is 1. The van der Waals surface area contributed by atoms with Crippen molar-refractivity contribution in [2.75, 3.05) is 26.9 Å². The molecule has 0 saturated heterocycles. The standard InChI is InChI=1S/C22H25NO5S/c1-14(2)13-28-16-7-4-6-15(12-16)19-18(20(24)17-8-5-11-29-17)21(25)22(26)23(19)9-10-27-3/h4-8,11-12,14,19,25H,9-10,13H2,1-3H3. The normalized spacial score (nSPS) is 16.8. The minimum atomic E-state index is -0.699. The van der Waals surface area contributed by atoms with E-state index in [0.717, 1.165) is 0 Å². The van der Waals surface area contributed by atoms with Gasteiger partial charge >= 0.3 is 0 Å². The molecule has 0 fully saturated rings. The largest absolute Gasteiger partial charge is 0.503 e. The number of hydrogen-bond donors (Lipinski definition) is 1. The first-order chi connectivity index (χ1) is 13.9. The van der Waals surface area contributed by atoms with Crippen molar-refractivity contribution in [1.82, 2.24) is 4.90 Å². The molecule has 1 aromatic carbocycles. The number of aliphatic hydroxyl groups is 1. The lowest BCUT2D eigenvalue weighted by atomic mass is 9.95. The molecule has 0 spiro atoms. The Morgan fingerprint density at radius 1 is 1.28 bits per heavy atom. The number of hydrogen-bond acceptors (Lipinski definition) is 6. The fourth-order valence-electron chi connectivity index (χ4n) is 3.23. The van der Waals surface area contributed by atoms with E-state index >= 15 is 0 Å². The Hall–Kier alpha value is -2.64. The van der Waals surface area contributed by atoms with E-state index in [1.165, 1.54) is 16.2 Å². The molecule has 1 unspecified atom stereocenters. The van der Waals surface area contributed by atoms with Crippen LogP contribution < -0.4 is 4.74 Å². The van der Waals surface area contributed by atoms with Gasteiger partial charge in [0.2, 0.25) is 5.78 Å². The predicted octanol–water partition coefficient (Wildman–Crippen LogP) is 4.01. The van der Waals surface area contributed by atoms with Gasteiger partial charge in [0.05, 0.1) is 29.7 Å². The molecule has 0 saturated carbocycles. The van der Waals surface area contributed by atoms with Crippen molar-refractivity contribution in [1.29, 1.82) is 0 Å². The van der Waals surface area contributed by atoms with Gasteiger partial charge in [0.1, 0.15) is 5.75 Å². The Bertz CT molecular complexity index is 904. The number of amides is 1. The number of thiophene rings is 1. The highest BCUT2D eigenvalue weighted by atomic mass is 32.1. The molecule has 0 radical (unpaired) electrons. The second-order valence-electron chi connectivity index (χ2n) is 7.24. The molecule has 3 rings (SSSR count). The van der Waals surface area contributed by atoms with Crippen LogP contribution in [0, 0.1) is 5.92 Å². The number of ketones is 1. The first kappa shape index (κ1) is 21.1. The Labute approximate surface area is 174 Å². The summed E-state index contributed by atoms with van der Waals surface area (Å²) in [6.45, 7) is 5.22. The fourth-order valence-corrected chi connectivity index (χ4v) is 3.91. The van der Waals surface area contributed by atoms with Crippen molar-refractivity contribution >= 4 is 23.0 Å².